The van der Waals surface area contributed by atoms with Gasteiger partial charge in [0.2, 0.25) is 5.88 Å². The molecule has 0 atom stereocenters. The summed E-state index contributed by atoms with van der Waals surface area (Å²) in [5.41, 5.74) is 1.94. The number of ether oxygens (including phenoxy) is 1. The van der Waals surface area contributed by atoms with Crippen LogP contribution in [0.2, 0.25) is 0 Å². The van der Waals surface area contributed by atoms with Gasteiger partial charge in [0, 0.05) is 11.8 Å². The van der Waals surface area contributed by atoms with E-state index in [1.165, 1.54) is 0 Å². The predicted molar refractivity (Wildman–Crippen MR) is 64.6 cm³/mol. The van der Waals surface area contributed by atoms with Crippen LogP contribution in [0.25, 0.3) is 0 Å². The fourth-order valence-corrected chi connectivity index (χ4v) is 1.48. The Hall–Kier alpha value is -1.83. The highest BCUT2D eigenvalue weighted by Gasteiger charge is 2.02. The Morgan fingerprint density at radius 3 is 2.56 bits per heavy atom. The minimum Gasteiger partial charge on any atom is -0.439 e. The Morgan fingerprint density at radius 1 is 1.12 bits per heavy atom. The largest absolute Gasteiger partial charge is 0.439 e. The van der Waals surface area contributed by atoms with E-state index in [9.17, 15) is 0 Å². The second kappa shape index (κ2) is 4.79. The molecule has 0 fully saturated rings. The Labute approximate surface area is 95.9 Å². The molecule has 0 bridgehead atoms. The Bertz CT molecular complexity index is 465. The molecule has 0 unspecified atom stereocenters. The van der Waals surface area contributed by atoms with Crippen molar-refractivity contribution >= 4 is 0 Å². The van der Waals surface area contributed by atoms with Crippen LogP contribution in [0.3, 0.4) is 0 Å². The van der Waals surface area contributed by atoms with Crippen LogP contribution >= 0.6 is 0 Å². The molecule has 1 radical (unpaired) electrons. The lowest BCUT2D eigenvalue weighted by atomic mass is 10.2. The molecular formula is C14H14NO. The maximum Gasteiger partial charge on any atom is 0.219 e. The van der Waals surface area contributed by atoms with Crippen LogP contribution in [-0.4, -0.2) is 4.98 Å². The molecule has 0 aliphatic heterocycles. The first-order valence-corrected chi connectivity index (χ1v) is 5.34. The van der Waals surface area contributed by atoms with Gasteiger partial charge < -0.3 is 4.74 Å². The van der Waals surface area contributed by atoms with Crippen molar-refractivity contribution in [3.8, 4) is 11.6 Å². The molecule has 0 aliphatic carbocycles. The molecule has 0 saturated carbocycles. The van der Waals surface area contributed by atoms with Crippen molar-refractivity contribution < 1.29 is 4.74 Å². The minimum absolute atomic E-state index is 0.621. The number of rotatable bonds is 3. The summed E-state index contributed by atoms with van der Waals surface area (Å²) in [6, 6.07) is 13.4. The van der Waals surface area contributed by atoms with Crippen LogP contribution < -0.4 is 4.74 Å². The molecule has 0 amide bonds. The molecule has 2 heteroatoms. The fraction of sp³-hybridized carbons (Fsp3) is 0.143. The summed E-state index contributed by atoms with van der Waals surface area (Å²) in [6.45, 7) is 5.98. The van der Waals surface area contributed by atoms with E-state index >= 15 is 0 Å². The predicted octanol–water partition coefficient (Wildman–Crippen LogP) is 3.62. The third-order valence-corrected chi connectivity index (χ3v) is 2.34. The third-order valence-electron chi connectivity index (χ3n) is 2.34. The molecule has 0 saturated heterocycles. The lowest BCUT2D eigenvalue weighted by Crippen LogP contribution is -1.95. The van der Waals surface area contributed by atoms with E-state index in [0.29, 0.717) is 5.88 Å². The summed E-state index contributed by atoms with van der Waals surface area (Å²) in [7, 11) is 0. The van der Waals surface area contributed by atoms with Crippen LogP contribution in [0.5, 0.6) is 11.6 Å². The summed E-state index contributed by atoms with van der Waals surface area (Å²) in [5, 5.41) is 0. The van der Waals surface area contributed by atoms with Gasteiger partial charge in [-0.15, -0.1) is 0 Å². The SMILES string of the molecule is [CH2]c1ccc(Oc2ccccc2)nc1CC. The van der Waals surface area contributed by atoms with Gasteiger partial charge >= 0.3 is 0 Å². The second-order valence-electron chi connectivity index (χ2n) is 3.52. The first kappa shape index (κ1) is 10.7. The normalized spacial score (nSPS) is 10.1. The summed E-state index contributed by atoms with van der Waals surface area (Å²) < 4.78 is 5.64. The molecule has 0 aliphatic rings. The van der Waals surface area contributed by atoms with E-state index < -0.39 is 0 Å². The maximum atomic E-state index is 5.64. The molecule has 2 aromatic rings. The molecule has 0 N–H and O–H groups in total. The smallest absolute Gasteiger partial charge is 0.219 e. The van der Waals surface area contributed by atoms with Crippen molar-refractivity contribution in [2.75, 3.05) is 0 Å². The zero-order chi connectivity index (χ0) is 11.4. The monoisotopic (exact) mass is 212 g/mol. The zero-order valence-corrected chi connectivity index (χ0v) is 9.31. The van der Waals surface area contributed by atoms with Crippen molar-refractivity contribution in [3.63, 3.8) is 0 Å². The number of nitrogens with zero attached hydrogens (tertiary/aromatic N) is 1. The molecule has 0 spiro atoms. The summed E-state index contributed by atoms with van der Waals surface area (Å²) >= 11 is 0. The lowest BCUT2D eigenvalue weighted by Gasteiger charge is -2.07. The zero-order valence-electron chi connectivity index (χ0n) is 9.31. The third kappa shape index (κ3) is 2.40. The van der Waals surface area contributed by atoms with E-state index in [1.54, 1.807) is 0 Å². The van der Waals surface area contributed by atoms with Gasteiger partial charge in [-0.2, -0.15) is 0 Å². The number of aromatic nitrogens is 1. The van der Waals surface area contributed by atoms with Crippen molar-refractivity contribution in [3.05, 3.63) is 60.6 Å². The quantitative estimate of drug-likeness (QED) is 0.775. The summed E-state index contributed by atoms with van der Waals surface area (Å²) in [6.07, 6.45) is 0.866. The summed E-state index contributed by atoms with van der Waals surface area (Å²) in [4.78, 5) is 4.40. The average molecular weight is 212 g/mol. The van der Waals surface area contributed by atoms with Gasteiger partial charge in [-0.25, -0.2) is 4.98 Å². The average Bonchev–Trinajstić information content (AvgIpc) is 2.33. The number of pyridine rings is 1. The molecule has 2 nitrogen and oxygen atoms in total. The summed E-state index contributed by atoms with van der Waals surface area (Å²) in [5.74, 6) is 1.42. The maximum absolute atomic E-state index is 5.64. The van der Waals surface area contributed by atoms with Crippen LogP contribution in [0.4, 0.5) is 0 Å². The Morgan fingerprint density at radius 2 is 1.88 bits per heavy atom. The van der Waals surface area contributed by atoms with Crippen LogP contribution in [-0.2, 0) is 6.42 Å². The van der Waals surface area contributed by atoms with Crippen molar-refractivity contribution in [1.82, 2.24) is 4.98 Å². The highest BCUT2D eigenvalue weighted by molar-refractivity contribution is 5.31. The van der Waals surface area contributed by atoms with E-state index in [2.05, 4.69) is 18.8 Å². The van der Waals surface area contributed by atoms with Crippen molar-refractivity contribution in [2.45, 2.75) is 13.3 Å². The first-order valence-electron chi connectivity index (χ1n) is 5.34. The highest BCUT2D eigenvalue weighted by Crippen LogP contribution is 2.20. The van der Waals surface area contributed by atoms with Gasteiger partial charge in [-0.05, 0) is 31.0 Å². The van der Waals surface area contributed by atoms with E-state index in [1.807, 2.05) is 42.5 Å². The standard InChI is InChI=1S/C14H14NO/c1-3-13-11(2)9-10-14(15-13)16-12-7-5-4-6-8-12/h4-10H,2-3H2,1H3. The number of para-hydroxylation sites is 1. The minimum atomic E-state index is 0.621. The highest BCUT2D eigenvalue weighted by atomic mass is 16.5. The topological polar surface area (TPSA) is 22.1 Å². The second-order valence-corrected chi connectivity index (χ2v) is 3.52. The van der Waals surface area contributed by atoms with Crippen molar-refractivity contribution in [2.24, 2.45) is 0 Å². The molecule has 1 aromatic heterocycles. The number of aryl methyl sites for hydroxylation is 1. The van der Waals surface area contributed by atoms with Gasteiger partial charge in [0.05, 0.1) is 0 Å². The van der Waals surface area contributed by atoms with Crippen molar-refractivity contribution in [1.29, 1.82) is 0 Å². The molecular weight excluding hydrogens is 198 g/mol. The van der Waals surface area contributed by atoms with Gasteiger partial charge in [0.25, 0.3) is 0 Å². The molecule has 16 heavy (non-hydrogen) atoms. The van der Waals surface area contributed by atoms with Crippen LogP contribution in [0, 0.1) is 6.92 Å². The van der Waals surface area contributed by atoms with Gasteiger partial charge in [0.15, 0.2) is 0 Å². The van der Waals surface area contributed by atoms with Crippen LogP contribution in [0.15, 0.2) is 42.5 Å². The van der Waals surface area contributed by atoms with Crippen LogP contribution in [0.1, 0.15) is 18.2 Å². The molecule has 81 valence electrons. The molecule has 1 aromatic carbocycles. The fourth-order valence-electron chi connectivity index (χ4n) is 1.48. The molecule has 1 heterocycles. The van der Waals surface area contributed by atoms with E-state index in [4.69, 9.17) is 4.74 Å². The van der Waals surface area contributed by atoms with E-state index in [-0.39, 0.29) is 0 Å². The Balaban J connectivity index is 2.22. The Kier molecular flexibility index (Phi) is 3.20. The molecule has 2 rings (SSSR count). The lowest BCUT2D eigenvalue weighted by molar-refractivity contribution is 0.460. The first-order chi connectivity index (χ1) is 7.79. The van der Waals surface area contributed by atoms with Gasteiger partial charge in [-0.1, -0.05) is 31.2 Å². The number of benzene rings is 1. The van der Waals surface area contributed by atoms with Gasteiger partial charge in [0.1, 0.15) is 5.75 Å². The van der Waals surface area contributed by atoms with E-state index in [0.717, 1.165) is 23.4 Å². The number of hydrogen-bond acceptors (Lipinski definition) is 2. The number of hydrogen-bond donors (Lipinski definition) is 0. The van der Waals surface area contributed by atoms with Gasteiger partial charge in [-0.3, -0.25) is 0 Å².